The van der Waals surface area contributed by atoms with Crippen LogP contribution in [-0.2, 0) is 9.59 Å². The number of anilines is 2. The van der Waals surface area contributed by atoms with E-state index in [2.05, 4.69) is 20.8 Å². The van der Waals surface area contributed by atoms with Gasteiger partial charge in [-0.1, -0.05) is 24.3 Å². The summed E-state index contributed by atoms with van der Waals surface area (Å²) in [5, 5.41) is 11.4. The third-order valence-electron chi connectivity index (χ3n) is 6.95. The number of carbonyl (C=O) groups excluding carboxylic acids is 2. The van der Waals surface area contributed by atoms with Gasteiger partial charge >= 0.3 is 0 Å². The summed E-state index contributed by atoms with van der Waals surface area (Å²) < 4.78 is 5.93. The van der Waals surface area contributed by atoms with Crippen molar-refractivity contribution in [1.29, 1.82) is 0 Å². The van der Waals surface area contributed by atoms with E-state index in [4.69, 9.17) is 4.74 Å². The maximum Gasteiger partial charge on any atom is 0.300 e. The molecule has 0 radical (unpaired) electrons. The molecule has 2 aliphatic heterocycles. The Labute approximate surface area is 218 Å². The molecule has 5 rings (SSSR count). The highest BCUT2D eigenvalue weighted by molar-refractivity contribution is 9.10. The second kappa shape index (κ2) is 9.82. The van der Waals surface area contributed by atoms with Gasteiger partial charge < -0.3 is 14.7 Å². The van der Waals surface area contributed by atoms with Crippen LogP contribution in [0.2, 0.25) is 0 Å². The highest BCUT2D eigenvalue weighted by Gasteiger charge is 2.47. The van der Waals surface area contributed by atoms with Gasteiger partial charge in [0, 0.05) is 30.0 Å². The first-order chi connectivity index (χ1) is 17.4. The number of Topliss-reactive ketones (excluding diaryl/α,β-unsaturated/α-hetero) is 1. The Morgan fingerprint density at radius 3 is 2.28 bits per heavy atom. The van der Waals surface area contributed by atoms with Gasteiger partial charge in [0.25, 0.3) is 11.7 Å². The molecule has 6 nitrogen and oxygen atoms in total. The van der Waals surface area contributed by atoms with Crippen molar-refractivity contribution in [2.45, 2.75) is 25.8 Å². The Bertz CT molecular complexity index is 1360. The lowest BCUT2D eigenvalue weighted by atomic mass is 9.92. The van der Waals surface area contributed by atoms with E-state index in [0.717, 1.165) is 29.9 Å². The van der Waals surface area contributed by atoms with E-state index in [0.29, 0.717) is 21.5 Å². The van der Waals surface area contributed by atoms with Crippen molar-refractivity contribution in [3.05, 3.63) is 93.5 Å². The van der Waals surface area contributed by atoms with Gasteiger partial charge in [-0.05, 0) is 89.3 Å². The van der Waals surface area contributed by atoms with Crippen molar-refractivity contribution >= 4 is 44.8 Å². The molecule has 3 aromatic rings. The molecule has 2 fully saturated rings. The van der Waals surface area contributed by atoms with E-state index in [1.807, 2.05) is 55.5 Å². The summed E-state index contributed by atoms with van der Waals surface area (Å²) in [5.74, 6) is -0.996. The van der Waals surface area contributed by atoms with Gasteiger partial charge in [-0.15, -0.1) is 0 Å². The monoisotopic (exact) mass is 546 g/mol. The SMILES string of the molecule is COc1ccc(/C(O)=C2\C(=O)C(=O)N(c3ccc(N4CCCC4)cc3)C2c2ccccc2C)cc1Br. The zero-order valence-electron chi connectivity index (χ0n) is 20.2. The first-order valence-corrected chi connectivity index (χ1v) is 12.8. The summed E-state index contributed by atoms with van der Waals surface area (Å²) in [7, 11) is 1.55. The minimum absolute atomic E-state index is 0.0648. The van der Waals surface area contributed by atoms with Crippen LogP contribution in [0.1, 0.15) is 35.6 Å². The Morgan fingerprint density at radius 1 is 0.972 bits per heavy atom. The molecule has 1 N–H and O–H groups in total. The molecule has 0 bridgehead atoms. The second-order valence-electron chi connectivity index (χ2n) is 9.09. The molecule has 36 heavy (non-hydrogen) atoms. The summed E-state index contributed by atoms with van der Waals surface area (Å²) in [4.78, 5) is 30.7. The molecule has 1 unspecified atom stereocenters. The minimum atomic E-state index is -0.760. The fraction of sp³-hybridized carbons (Fsp3) is 0.241. The van der Waals surface area contributed by atoms with Gasteiger partial charge in [-0.2, -0.15) is 0 Å². The van der Waals surface area contributed by atoms with Gasteiger partial charge in [-0.25, -0.2) is 0 Å². The molecule has 2 saturated heterocycles. The predicted octanol–water partition coefficient (Wildman–Crippen LogP) is 5.99. The zero-order valence-corrected chi connectivity index (χ0v) is 21.8. The van der Waals surface area contributed by atoms with Crippen LogP contribution in [0.4, 0.5) is 11.4 Å². The number of rotatable bonds is 5. The average Bonchev–Trinajstić information content (AvgIpc) is 3.51. The van der Waals surface area contributed by atoms with Crippen molar-refractivity contribution in [1.82, 2.24) is 0 Å². The van der Waals surface area contributed by atoms with Crippen LogP contribution in [0.3, 0.4) is 0 Å². The number of aryl methyl sites for hydroxylation is 1. The zero-order chi connectivity index (χ0) is 25.4. The molecule has 2 heterocycles. The van der Waals surface area contributed by atoms with Crippen molar-refractivity contribution in [3.63, 3.8) is 0 Å². The fourth-order valence-corrected chi connectivity index (χ4v) is 5.60. The van der Waals surface area contributed by atoms with Crippen molar-refractivity contribution in [3.8, 4) is 5.75 Å². The Balaban J connectivity index is 1.64. The highest BCUT2D eigenvalue weighted by Crippen LogP contribution is 2.44. The van der Waals surface area contributed by atoms with Crippen molar-refractivity contribution in [2.24, 2.45) is 0 Å². The van der Waals surface area contributed by atoms with Crippen LogP contribution in [0.5, 0.6) is 5.75 Å². The van der Waals surface area contributed by atoms with Gasteiger partial charge in [0.05, 0.1) is 23.2 Å². The summed E-state index contributed by atoms with van der Waals surface area (Å²) in [5.41, 5.74) is 3.91. The number of hydrogen-bond donors (Lipinski definition) is 1. The average molecular weight is 547 g/mol. The topological polar surface area (TPSA) is 70.1 Å². The number of ketones is 1. The van der Waals surface area contributed by atoms with Gasteiger partial charge in [0.15, 0.2) is 0 Å². The number of methoxy groups -OCH3 is 1. The third kappa shape index (κ3) is 4.17. The predicted molar refractivity (Wildman–Crippen MR) is 145 cm³/mol. The van der Waals surface area contributed by atoms with Crippen molar-refractivity contribution in [2.75, 3.05) is 30.0 Å². The normalized spacial score (nSPS) is 19.2. The lowest BCUT2D eigenvalue weighted by molar-refractivity contribution is -0.132. The van der Waals surface area contributed by atoms with E-state index in [1.54, 1.807) is 25.3 Å². The van der Waals surface area contributed by atoms with E-state index < -0.39 is 17.7 Å². The molecule has 1 amide bonds. The lowest BCUT2D eigenvalue weighted by Gasteiger charge is -2.27. The summed E-state index contributed by atoms with van der Waals surface area (Å²) >= 11 is 3.44. The van der Waals surface area contributed by atoms with E-state index in [1.165, 1.54) is 17.7 Å². The second-order valence-corrected chi connectivity index (χ2v) is 9.94. The number of nitrogens with zero attached hydrogens (tertiary/aromatic N) is 2. The molecule has 0 aliphatic carbocycles. The molecule has 3 aromatic carbocycles. The third-order valence-corrected chi connectivity index (χ3v) is 7.57. The number of halogens is 1. The maximum atomic E-state index is 13.4. The smallest absolute Gasteiger partial charge is 0.300 e. The molecule has 0 aromatic heterocycles. The van der Waals surface area contributed by atoms with Gasteiger partial charge in [0.2, 0.25) is 0 Å². The molecule has 0 saturated carbocycles. The lowest BCUT2D eigenvalue weighted by Crippen LogP contribution is -2.29. The summed E-state index contributed by atoms with van der Waals surface area (Å²) in [6.45, 7) is 3.98. The molecule has 1 atom stereocenters. The quantitative estimate of drug-likeness (QED) is 0.241. The van der Waals surface area contributed by atoms with Crippen LogP contribution < -0.4 is 14.5 Å². The van der Waals surface area contributed by atoms with E-state index in [9.17, 15) is 14.7 Å². The minimum Gasteiger partial charge on any atom is -0.507 e. The molecule has 0 spiro atoms. The van der Waals surface area contributed by atoms with E-state index >= 15 is 0 Å². The number of ether oxygens (including phenoxy) is 1. The first kappa shape index (κ1) is 24.1. The fourth-order valence-electron chi connectivity index (χ4n) is 5.06. The van der Waals surface area contributed by atoms with Crippen LogP contribution in [-0.4, -0.2) is 37.0 Å². The number of benzene rings is 3. The largest absolute Gasteiger partial charge is 0.507 e. The summed E-state index contributed by atoms with van der Waals surface area (Å²) in [6.07, 6.45) is 2.34. The van der Waals surface area contributed by atoms with Gasteiger partial charge in [0.1, 0.15) is 11.5 Å². The summed E-state index contributed by atoms with van der Waals surface area (Å²) in [6, 6.07) is 19.7. The molecular formula is C29H27BrN2O4. The molecule has 7 heteroatoms. The van der Waals surface area contributed by atoms with Crippen molar-refractivity contribution < 1.29 is 19.4 Å². The number of aliphatic hydroxyl groups is 1. The number of amides is 1. The standard InChI is InChI=1S/C29H27BrN2O4/c1-18-7-3-4-8-22(18)26-25(27(33)19-9-14-24(36-2)23(30)17-19)28(34)29(35)32(26)21-12-10-20(11-13-21)31-15-5-6-16-31/h3-4,7-14,17,26,33H,5-6,15-16H2,1-2H3/b27-25+. The number of carbonyl (C=O) groups is 2. The number of hydrogen-bond acceptors (Lipinski definition) is 5. The molecule has 184 valence electrons. The highest BCUT2D eigenvalue weighted by atomic mass is 79.9. The van der Waals surface area contributed by atoms with Gasteiger partial charge in [-0.3, -0.25) is 14.5 Å². The maximum absolute atomic E-state index is 13.4. The Morgan fingerprint density at radius 2 is 1.64 bits per heavy atom. The molecular weight excluding hydrogens is 520 g/mol. The first-order valence-electron chi connectivity index (χ1n) is 12.0. The Hall–Kier alpha value is -3.58. The van der Waals surface area contributed by atoms with E-state index in [-0.39, 0.29) is 11.3 Å². The number of aliphatic hydroxyl groups excluding tert-OH is 1. The van der Waals surface area contributed by atoms with Crippen LogP contribution in [0, 0.1) is 6.92 Å². The molecule has 2 aliphatic rings. The van der Waals surface area contributed by atoms with Crippen LogP contribution in [0.25, 0.3) is 5.76 Å². The Kier molecular flexibility index (Phi) is 6.58. The van der Waals surface area contributed by atoms with Crippen LogP contribution >= 0.6 is 15.9 Å². The van der Waals surface area contributed by atoms with Crippen LogP contribution in [0.15, 0.2) is 76.8 Å².